The van der Waals surface area contributed by atoms with E-state index in [0.29, 0.717) is 0 Å². The van der Waals surface area contributed by atoms with Gasteiger partial charge in [0.05, 0.1) is 5.56 Å². The second-order valence-corrected chi connectivity index (χ2v) is 4.80. The molecule has 0 atom stereocenters. The molecule has 0 aliphatic heterocycles. The van der Waals surface area contributed by atoms with Gasteiger partial charge >= 0.3 is 6.18 Å². The van der Waals surface area contributed by atoms with Crippen molar-refractivity contribution in [3.63, 3.8) is 0 Å². The van der Waals surface area contributed by atoms with E-state index in [1.54, 1.807) is 6.07 Å². The Labute approximate surface area is 100 Å². The first-order valence-electron chi connectivity index (χ1n) is 5.70. The Morgan fingerprint density at radius 1 is 1.12 bits per heavy atom. The summed E-state index contributed by atoms with van der Waals surface area (Å²) in [6.45, 7) is 5.83. The van der Waals surface area contributed by atoms with Gasteiger partial charge in [0.2, 0.25) is 0 Å². The lowest BCUT2D eigenvalue weighted by molar-refractivity contribution is -0.137. The molecular weight excluding hydrogens is 227 g/mol. The number of alkyl halides is 3. The van der Waals surface area contributed by atoms with Gasteiger partial charge in [-0.2, -0.15) is 13.2 Å². The fraction of sp³-hybridized carbons (Fsp3) is 0.538. The van der Waals surface area contributed by atoms with Gasteiger partial charge < -0.3 is 5.32 Å². The third-order valence-corrected chi connectivity index (χ3v) is 2.58. The van der Waals surface area contributed by atoms with E-state index in [4.69, 9.17) is 0 Å². The molecule has 0 saturated carbocycles. The van der Waals surface area contributed by atoms with Crippen LogP contribution in [-0.2, 0) is 6.18 Å². The highest BCUT2D eigenvalue weighted by Gasteiger charge is 2.34. The third-order valence-electron chi connectivity index (χ3n) is 2.58. The van der Waals surface area contributed by atoms with E-state index in [9.17, 15) is 13.2 Å². The zero-order valence-electron chi connectivity index (χ0n) is 10.4. The zero-order valence-corrected chi connectivity index (χ0v) is 10.4. The number of para-hydroxylation sites is 1. The number of hydrogen-bond acceptors (Lipinski definition) is 1. The summed E-state index contributed by atoms with van der Waals surface area (Å²) in [5.41, 5.74) is -0.793. The maximum Gasteiger partial charge on any atom is 0.418 e. The molecule has 1 aromatic rings. The first kappa shape index (κ1) is 13.9. The molecule has 1 nitrogen and oxygen atoms in total. The van der Waals surface area contributed by atoms with Crippen LogP contribution in [-0.4, -0.2) is 5.54 Å². The molecule has 0 aliphatic carbocycles. The molecule has 0 fully saturated rings. The van der Waals surface area contributed by atoms with Crippen LogP contribution in [0.5, 0.6) is 0 Å². The highest BCUT2D eigenvalue weighted by Crippen LogP contribution is 2.36. The topological polar surface area (TPSA) is 12.0 Å². The van der Waals surface area contributed by atoms with Crippen molar-refractivity contribution in [1.82, 2.24) is 0 Å². The van der Waals surface area contributed by atoms with E-state index in [1.807, 2.05) is 20.8 Å². The molecule has 1 rings (SSSR count). The molecule has 0 aliphatic rings. The van der Waals surface area contributed by atoms with Crippen molar-refractivity contribution in [1.29, 1.82) is 0 Å². The second kappa shape index (κ2) is 4.98. The van der Waals surface area contributed by atoms with Crippen molar-refractivity contribution in [3.05, 3.63) is 29.8 Å². The van der Waals surface area contributed by atoms with Gasteiger partial charge in [-0.15, -0.1) is 0 Å². The number of anilines is 1. The van der Waals surface area contributed by atoms with Crippen LogP contribution in [0.25, 0.3) is 0 Å². The van der Waals surface area contributed by atoms with E-state index in [-0.39, 0.29) is 11.2 Å². The van der Waals surface area contributed by atoms with Crippen molar-refractivity contribution in [2.45, 2.75) is 45.3 Å². The van der Waals surface area contributed by atoms with Gasteiger partial charge in [0.1, 0.15) is 0 Å². The van der Waals surface area contributed by atoms with Crippen LogP contribution in [0.2, 0.25) is 0 Å². The second-order valence-electron chi connectivity index (χ2n) is 4.80. The smallest absolute Gasteiger partial charge is 0.380 e. The Morgan fingerprint density at radius 3 is 2.24 bits per heavy atom. The molecule has 1 N–H and O–H groups in total. The van der Waals surface area contributed by atoms with Crippen LogP contribution in [0.15, 0.2) is 24.3 Å². The van der Waals surface area contributed by atoms with Crippen LogP contribution in [0.1, 0.15) is 39.2 Å². The maximum atomic E-state index is 12.8. The molecule has 0 bridgehead atoms. The van der Waals surface area contributed by atoms with Crippen LogP contribution in [0.3, 0.4) is 0 Å². The van der Waals surface area contributed by atoms with E-state index < -0.39 is 11.7 Å². The molecule has 1 aromatic carbocycles. The quantitative estimate of drug-likeness (QED) is 0.811. The Morgan fingerprint density at radius 2 is 1.71 bits per heavy atom. The molecule has 4 heteroatoms. The predicted octanol–water partition coefficient (Wildman–Crippen LogP) is 4.70. The Balaban J connectivity index is 2.99. The molecule has 0 heterocycles. The normalized spacial score (nSPS) is 12.6. The van der Waals surface area contributed by atoms with E-state index in [2.05, 4.69) is 5.32 Å². The SMILES string of the molecule is CCCC(C)(C)Nc1ccccc1C(F)(F)F. The number of rotatable bonds is 4. The van der Waals surface area contributed by atoms with E-state index in [0.717, 1.165) is 18.9 Å². The molecular formula is C13H18F3N. The van der Waals surface area contributed by atoms with Crippen molar-refractivity contribution < 1.29 is 13.2 Å². The van der Waals surface area contributed by atoms with Gasteiger partial charge in [-0.1, -0.05) is 25.5 Å². The van der Waals surface area contributed by atoms with Crippen molar-refractivity contribution in [3.8, 4) is 0 Å². The minimum absolute atomic E-state index is 0.151. The fourth-order valence-corrected chi connectivity index (χ4v) is 1.89. The molecule has 17 heavy (non-hydrogen) atoms. The van der Waals surface area contributed by atoms with Crippen LogP contribution in [0, 0.1) is 0 Å². The number of nitrogens with one attached hydrogen (secondary N) is 1. The summed E-state index contributed by atoms with van der Waals surface area (Å²) < 4.78 is 38.3. The number of hydrogen-bond donors (Lipinski definition) is 1. The Bertz CT molecular complexity index is 369. The average molecular weight is 245 g/mol. The summed E-state index contributed by atoms with van der Waals surface area (Å²) in [5, 5.41) is 2.97. The largest absolute Gasteiger partial charge is 0.418 e. The maximum absolute atomic E-state index is 12.8. The minimum Gasteiger partial charge on any atom is -0.380 e. The third kappa shape index (κ3) is 3.95. The van der Waals surface area contributed by atoms with Gasteiger partial charge in [-0.3, -0.25) is 0 Å². The van der Waals surface area contributed by atoms with Crippen LogP contribution < -0.4 is 5.32 Å². The van der Waals surface area contributed by atoms with Crippen molar-refractivity contribution in [2.24, 2.45) is 0 Å². The van der Waals surface area contributed by atoms with Crippen molar-refractivity contribution in [2.75, 3.05) is 5.32 Å². The Hall–Kier alpha value is -1.19. The number of halogens is 3. The molecule has 0 saturated heterocycles. The molecule has 96 valence electrons. The van der Waals surface area contributed by atoms with E-state index in [1.165, 1.54) is 12.1 Å². The average Bonchev–Trinajstić information content (AvgIpc) is 2.15. The summed E-state index contributed by atoms with van der Waals surface area (Å²) in [5.74, 6) is 0. The van der Waals surface area contributed by atoms with Crippen molar-refractivity contribution >= 4 is 5.69 Å². The minimum atomic E-state index is -4.31. The summed E-state index contributed by atoms with van der Waals surface area (Å²) in [6.07, 6.45) is -2.57. The molecule has 0 amide bonds. The predicted molar refractivity (Wildman–Crippen MR) is 64.1 cm³/mol. The summed E-state index contributed by atoms with van der Waals surface area (Å²) >= 11 is 0. The van der Waals surface area contributed by atoms with Gasteiger partial charge in [0.25, 0.3) is 0 Å². The molecule has 0 radical (unpaired) electrons. The summed E-state index contributed by atoms with van der Waals surface area (Å²) in [6, 6.07) is 5.59. The van der Waals surface area contributed by atoms with Crippen LogP contribution >= 0.6 is 0 Å². The monoisotopic (exact) mass is 245 g/mol. The summed E-state index contributed by atoms with van der Waals surface area (Å²) in [4.78, 5) is 0. The van der Waals surface area contributed by atoms with Gasteiger partial charge in [-0.05, 0) is 32.4 Å². The standard InChI is InChI=1S/C13H18F3N/c1-4-9-12(2,3)17-11-8-6-5-7-10(11)13(14,15)16/h5-8,17H,4,9H2,1-3H3. The van der Waals surface area contributed by atoms with Crippen LogP contribution in [0.4, 0.5) is 18.9 Å². The van der Waals surface area contributed by atoms with Gasteiger partial charge in [0, 0.05) is 11.2 Å². The zero-order chi connectivity index (χ0) is 13.1. The van der Waals surface area contributed by atoms with E-state index >= 15 is 0 Å². The Kier molecular flexibility index (Phi) is 4.07. The fourth-order valence-electron chi connectivity index (χ4n) is 1.89. The lowest BCUT2D eigenvalue weighted by Gasteiger charge is -2.28. The lowest BCUT2D eigenvalue weighted by Crippen LogP contribution is -2.31. The molecule has 0 aromatic heterocycles. The lowest BCUT2D eigenvalue weighted by atomic mass is 9.97. The first-order chi connectivity index (χ1) is 7.76. The highest BCUT2D eigenvalue weighted by molar-refractivity contribution is 5.54. The number of benzene rings is 1. The first-order valence-corrected chi connectivity index (χ1v) is 5.70. The summed E-state index contributed by atoms with van der Waals surface area (Å²) in [7, 11) is 0. The molecule has 0 unspecified atom stereocenters. The van der Waals surface area contributed by atoms with Gasteiger partial charge in [-0.25, -0.2) is 0 Å². The highest BCUT2D eigenvalue weighted by atomic mass is 19.4. The molecule has 0 spiro atoms. The van der Waals surface area contributed by atoms with Gasteiger partial charge in [0.15, 0.2) is 0 Å².